The van der Waals surface area contributed by atoms with Crippen molar-refractivity contribution in [2.45, 2.75) is 37.9 Å². The molecule has 1 aromatic carbocycles. The fourth-order valence-electron chi connectivity index (χ4n) is 3.63. The van der Waals surface area contributed by atoms with E-state index in [-0.39, 0.29) is 17.2 Å². The first-order chi connectivity index (χ1) is 11.9. The molecule has 1 unspecified atom stereocenters. The van der Waals surface area contributed by atoms with Crippen molar-refractivity contribution in [2.24, 2.45) is 5.41 Å². The van der Waals surface area contributed by atoms with Crippen LogP contribution < -0.4 is 5.32 Å². The van der Waals surface area contributed by atoms with E-state index >= 15 is 0 Å². The lowest BCUT2D eigenvalue weighted by Crippen LogP contribution is -2.36. The van der Waals surface area contributed by atoms with Crippen molar-refractivity contribution < 1.29 is 4.79 Å². The second-order valence-electron chi connectivity index (χ2n) is 7.28. The number of aromatic nitrogens is 3. The zero-order chi connectivity index (χ0) is 17.8. The van der Waals surface area contributed by atoms with Crippen molar-refractivity contribution in [1.82, 2.24) is 14.8 Å². The molecule has 2 aromatic rings. The molecule has 1 aliphatic carbocycles. The Kier molecular flexibility index (Phi) is 3.92. The number of Topliss-reactive ketones (excluding diaryl/α,β-unsaturated/α-hetero) is 1. The molecule has 1 N–H and O–H groups in total. The van der Waals surface area contributed by atoms with Crippen molar-refractivity contribution in [2.75, 3.05) is 11.6 Å². The van der Waals surface area contributed by atoms with Crippen molar-refractivity contribution in [3.8, 4) is 0 Å². The molecule has 2 aliphatic rings. The number of anilines is 1. The zero-order valence-electron chi connectivity index (χ0n) is 14.3. The van der Waals surface area contributed by atoms with E-state index in [1.54, 1.807) is 0 Å². The molecule has 2 heterocycles. The highest BCUT2D eigenvalue weighted by Gasteiger charge is 2.41. The highest BCUT2D eigenvalue weighted by atomic mass is 35.5. The third kappa shape index (κ3) is 2.87. The minimum Gasteiger partial charge on any atom is -0.328 e. The van der Waals surface area contributed by atoms with Gasteiger partial charge in [-0.25, -0.2) is 4.68 Å². The Morgan fingerprint density at radius 2 is 2.00 bits per heavy atom. The van der Waals surface area contributed by atoms with E-state index in [1.807, 2.05) is 35.2 Å². The Hall–Kier alpha value is -1.79. The maximum Gasteiger partial charge on any atom is 0.227 e. The largest absolute Gasteiger partial charge is 0.328 e. The predicted octanol–water partition coefficient (Wildman–Crippen LogP) is 4.31. The molecule has 130 valence electrons. The monoisotopic (exact) mass is 374 g/mol. The summed E-state index contributed by atoms with van der Waals surface area (Å²) in [4.78, 5) is 17.5. The average molecular weight is 375 g/mol. The lowest BCUT2D eigenvalue weighted by Gasteiger charge is -2.38. The van der Waals surface area contributed by atoms with Crippen LogP contribution in [0.2, 0.25) is 5.02 Å². The molecule has 0 spiro atoms. The molecule has 0 amide bonds. The fourth-order valence-corrected chi connectivity index (χ4v) is 4.10. The van der Waals surface area contributed by atoms with E-state index < -0.39 is 0 Å². The summed E-state index contributed by atoms with van der Waals surface area (Å²) >= 11 is 7.54. The average Bonchev–Trinajstić information content (AvgIpc) is 2.95. The number of allylic oxidation sites excluding steroid dienone is 2. The number of carbonyl (C=O) groups is 1. The minimum atomic E-state index is -0.263. The van der Waals surface area contributed by atoms with E-state index in [0.29, 0.717) is 22.5 Å². The Morgan fingerprint density at radius 3 is 2.68 bits per heavy atom. The van der Waals surface area contributed by atoms with Gasteiger partial charge < -0.3 is 5.32 Å². The van der Waals surface area contributed by atoms with Gasteiger partial charge in [0, 0.05) is 22.7 Å². The van der Waals surface area contributed by atoms with Crippen molar-refractivity contribution in [3.05, 3.63) is 46.1 Å². The molecule has 0 saturated carbocycles. The van der Waals surface area contributed by atoms with Gasteiger partial charge in [-0.1, -0.05) is 49.3 Å². The van der Waals surface area contributed by atoms with Crippen molar-refractivity contribution in [3.63, 3.8) is 0 Å². The third-order valence-corrected chi connectivity index (χ3v) is 5.47. The number of fused-ring (bicyclic) bond motifs is 1. The Balaban J connectivity index is 1.90. The van der Waals surface area contributed by atoms with Gasteiger partial charge in [0.2, 0.25) is 11.1 Å². The number of nitrogens with zero attached hydrogens (tertiary/aromatic N) is 3. The van der Waals surface area contributed by atoms with Gasteiger partial charge in [-0.3, -0.25) is 4.79 Å². The van der Waals surface area contributed by atoms with Gasteiger partial charge in [0.25, 0.3) is 0 Å². The number of halogens is 1. The smallest absolute Gasteiger partial charge is 0.227 e. The summed E-state index contributed by atoms with van der Waals surface area (Å²) in [5.41, 5.74) is 2.70. The highest BCUT2D eigenvalue weighted by molar-refractivity contribution is 7.98. The van der Waals surface area contributed by atoms with Gasteiger partial charge in [-0.15, -0.1) is 5.10 Å². The van der Waals surface area contributed by atoms with Crippen LogP contribution in [0.3, 0.4) is 0 Å². The van der Waals surface area contributed by atoms with Crippen LogP contribution in [0.4, 0.5) is 5.95 Å². The number of ketones is 1. The van der Waals surface area contributed by atoms with Gasteiger partial charge in [0.1, 0.15) is 6.04 Å². The van der Waals surface area contributed by atoms with E-state index in [0.717, 1.165) is 23.3 Å². The maximum atomic E-state index is 13.0. The maximum absolute atomic E-state index is 13.0. The van der Waals surface area contributed by atoms with E-state index in [9.17, 15) is 4.79 Å². The summed E-state index contributed by atoms with van der Waals surface area (Å²) in [7, 11) is 0. The van der Waals surface area contributed by atoms with Gasteiger partial charge in [0.05, 0.1) is 0 Å². The zero-order valence-corrected chi connectivity index (χ0v) is 15.9. The number of nitrogens with one attached hydrogen (secondary N) is 1. The molecule has 1 aliphatic heterocycles. The Bertz CT molecular complexity index is 885. The number of hydrogen-bond acceptors (Lipinski definition) is 5. The van der Waals surface area contributed by atoms with Crippen molar-refractivity contribution in [1.29, 1.82) is 0 Å². The minimum absolute atomic E-state index is 0.0575. The summed E-state index contributed by atoms with van der Waals surface area (Å²) in [6.07, 6.45) is 3.30. The highest BCUT2D eigenvalue weighted by Crippen LogP contribution is 2.45. The number of carbonyl (C=O) groups excluding carboxylic acids is 1. The van der Waals surface area contributed by atoms with Gasteiger partial charge in [0.15, 0.2) is 5.78 Å². The number of hydrogen-bond donors (Lipinski definition) is 1. The van der Waals surface area contributed by atoms with Crippen LogP contribution >= 0.6 is 23.4 Å². The van der Waals surface area contributed by atoms with Crippen LogP contribution in [0.1, 0.15) is 38.3 Å². The summed E-state index contributed by atoms with van der Waals surface area (Å²) < 4.78 is 1.82. The molecule has 0 fully saturated rings. The first kappa shape index (κ1) is 16.7. The normalized spacial score (nSPS) is 21.6. The summed E-state index contributed by atoms with van der Waals surface area (Å²) in [6, 6.07) is 7.35. The molecule has 25 heavy (non-hydrogen) atoms. The molecule has 1 atom stereocenters. The van der Waals surface area contributed by atoms with Gasteiger partial charge in [-0.05, 0) is 35.8 Å². The van der Waals surface area contributed by atoms with Crippen LogP contribution in [0.5, 0.6) is 0 Å². The van der Waals surface area contributed by atoms with Gasteiger partial charge >= 0.3 is 0 Å². The van der Waals surface area contributed by atoms with Gasteiger partial charge in [-0.2, -0.15) is 4.98 Å². The lowest BCUT2D eigenvalue weighted by molar-refractivity contribution is -0.118. The molecule has 0 saturated heterocycles. The lowest BCUT2D eigenvalue weighted by atomic mass is 9.73. The first-order valence-electron chi connectivity index (χ1n) is 8.17. The molecule has 0 bridgehead atoms. The first-order valence-corrected chi connectivity index (χ1v) is 9.77. The standard InChI is InChI=1S/C18H19ClN4OS/c1-18(2)8-12-14(13(24)9-18)15(10-4-6-11(19)7-5-10)23-16(20-12)21-17(22-23)25-3/h4-7,15H,8-9H2,1-3H3,(H,20,21,22). The van der Waals surface area contributed by atoms with Crippen molar-refractivity contribution >= 4 is 35.1 Å². The van der Waals surface area contributed by atoms with Crippen LogP contribution in [-0.2, 0) is 4.79 Å². The number of rotatable bonds is 2. The van der Waals surface area contributed by atoms with E-state index in [1.165, 1.54) is 11.8 Å². The summed E-state index contributed by atoms with van der Waals surface area (Å²) in [6.45, 7) is 4.25. The van der Waals surface area contributed by atoms with E-state index in [4.69, 9.17) is 11.6 Å². The quantitative estimate of drug-likeness (QED) is 0.793. The molecular weight excluding hydrogens is 356 g/mol. The fraction of sp³-hybridized carbons (Fsp3) is 0.389. The second-order valence-corrected chi connectivity index (χ2v) is 8.49. The summed E-state index contributed by atoms with van der Waals surface area (Å²) in [5, 5.41) is 9.32. The van der Waals surface area contributed by atoms with Crippen LogP contribution in [0.25, 0.3) is 0 Å². The number of thioether (sulfide) groups is 1. The summed E-state index contributed by atoms with van der Waals surface area (Å²) in [5.74, 6) is 0.860. The molecule has 7 heteroatoms. The molecule has 0 radical (unpaired) electrons. The SMILES string of the molecule is CSc1nc2n(n1)C(c1ccc(Cl)cc1)C1=C(CC(C)(C)CC1=O)N2. The second kappa shape index (κ2) is 5.88. The van der Waals surface area contributed by atoms with Crippen LogP contribution in [0, 0.1) is 5.41 Å². The van der Waals surface area contributed by atoms with E-state index in [2.05, 4.69) is 29.2 Å². The molecule has 1 aromatic heterocycles. The number of benzene rings is 1. The molecule has 4 rings (SSSR count). The Morgan fingerprint density at radius 1 is 1.28 bits per heavy atom. The third-order valence-electron chi connectivity index (χ3n) is 4.68. The van der Waals surface area contributed by atoms with Crippen LogP contribution in [0.15, 0.2) is 40.7 Å². The predicted molar refractivity (Wildman–Crippen MR) is 100 cm³/mol. The molecule has 5 nitrogen and oxygen atoms in total. The Labute approximate surface area is 155 Å². The topological polar surface area (TPSA) is 59.8 Å². The van der Waals surface area contributed by atoms with Crippen LogP contribution in [-0.4, -0.2) is 26.8 Å². The molecular formula is C18H19ClN4OS.